The Labute approximate surface area is 303 Å². The lowest BCUT2D eigenvalue weighted by molar-refractivity contribution is -0.138. The van der Waals surface area contributed by atoms with E-state index in [1.54, 1.807) is 38.0 Å². The number of hydrogen-bond acceptors (Lipinski definition) is 10. The molecule has 2 fully saturated rings. The first kappa shape index (κ1) is 35.9. The summed E-state index contributed by atoms with van der Waals surface area (Å²) in [5, 5.41) is 6.22. The number of aryl methyl sites for hydroxylation is 1. The fourth-order valence-electron chi connectivity index (χ4n) is 7.34. The van der Waals surface area contributed by atoms with Gasteiger partial charge in [0, 0.05) is 55.3 Å². The van der Waals surface area contributed by atoms with E-state index in [9.17, 15) is 27.6 Å². The summed E-state index contributed by atoms with van der Waals surface area (Å²) in [4.78, 5) is 50.2. The number of nitrogens with two attached hydrogens (primary N) is 1. The van der Waals surface area contributed by atoms with E-state index in [1.807, 2.05) is 18.2 Å². The lowest BCUT2D eigenvalue weighted by Gasteiger charge is -2.32. The molecule has 3 aromatic carbocycles. The Balaban J connectivity index is 1.01. The predicted molar refractivity (Wildman–Crippen MR) is 190 cm³/mol. The maximum Gasteiger partial charge on any atom is 0.416 e. The molecule has 3 amide bonds. The molecule has 0 bridgehead atoms. The minimum atomic E-state index is -4.53. The molecule has 7 rings (SSSR count). The molecule has 3 aliphatic rings. The third-order valence-electron chi connectivity index (χ3n) is 10.1. The average molecular weight is 732 g/mol. The second kappa shape index (κ2) is 14.2. The van der Waals surface area contributed by atoms with Gasteiger partial charge in [-0.2, -0.15) is 13.2 Å². The summed E-state index contributed by atoms with van der Waals surface area (Å²) in [7, 11) is 1.55. The number of aromatic nitrogens is 2. The highest BCUT2D eigenvalue weighted by molar-refractivity contribution is 6.05. The average Bonchev–Trinajstić information content (AvgIpc) is 3.43. The first-order chi connectivity index (χ1) is 25.2. The van der Waals surface area contributed by atoms with Crippen molar-refractivity contribution in [3.8, 4) is 11.5 Å². The first-order valence-electron chi connectivity index (χ1n) is 17.5. The van der Waals surface area contributed by atoms with Gasteiger partial charge in [0.2, 0.25) is 11.8 Å². The van der Waals surface area contributed by atoms with Crippen molar-refractivity contribution in [3.63, 3.8) is 0 Å². The summed E-state index contributed by atoms with van der Waals surface area (Å²) in [5.41, 5.74) is 8.50. The molecule has 1 aromatic heterocycles. The van der Waals surface area contributed by atoms with Crippen LogP contribution in [0.5, 0.6) is 11.5 Å². The number of carbonyl (C=O) groups excluding carboxylic acids is 3. The van der Waals surface area contributed by atoms with Gasteiger partial charge in [-0.1, -0.05) is 12.1 Å². The van der Waals surface area contributed by atoms with Crippen molar-refractivity contribution in [2.24, 2.45) is 0 Å². The standard InChI is InChI=1S/C38H40F3N7O5/c1-20(23-13-25(38(39,40)41)15-26(42)14-23)43-35-29-16-33(32(52-3)17-30(29)44-21(2)45-35)53-27-8-10-47(11-9-27)18-22-4-5-28-24(12-22)19-48(37(28)51)31-6-7-34(49)46-36(31)50/h4-5,12-17,20,27,31H,6-11,18-19,42H2,1-3H3,(H,43,44,45)(H,46,49,50)/t20-,31?/m1/s1. The normalized spacial score (nSPS) is 18.9. The molecule has 278 valence electrons. The number of likely N-dealkylation sites (tertiary alicyclic amines) is 1. The van der Waals surface area contributed by atoms with Crippen molar-refractivity contribution in [2.45, 2.75) is 77.0 Å². The highest BCUT2D eigenvalue weighted by Crippen LogP contribution is 2.38. The molecule has 3 aliphatic heterocycles. The van der Waals surface area contributed by atoms with Gasteiger partial charge in [-0.15, -0.1) is 0 Å². The van der Waals surface area contributed by atoms with Crippen LogP contribution in [-0.2, 0) is 28.9 Å². The van der Waals surface area contributed by atoms with Crippen LogP contribution >= 0.6 is 0 Å². The molecule has 15 heteroatoms. The van der Waals surface area contributed by atoms with Crippen LogP contribution in [0.3, 0.4) is 0 Å². The lowest BCUT2D eigenvalue weighted by Crippen LogP contribution is -2.52. The lowest BCUT2D eigenvalue weighted by atomic mass is 10.0. The molecule has 0 spiro atoms. The number of nitrogens with one attached hydrogen (secondary N) is 2. The molecule has 0 radical (unpaired) electrons. The predicted octanol–water partition coefficient (Wildman–Crippen LogP) is 5.53. The van der Waals surface area contributed by atoms with Gasteiger partial charge in [0.15, 0.2) is 11.5 Å². The van der Waals surface area contributed by atoms with E-state index in [-0.39, 0.29) is 30.0 Å². The Morgan fingerprint density at radius 1 is 1.02 bits per heavy atom. The number of piperidine rings is 2. The van der Waals surface area contributed by atoms with Crippen molar-refractivity contribution < 1.29 is 37.0 Å². The summed E-state index contributed by atoms with van der Waals surface area (Å²) in [6.07, 6.45) is -2.61. The molecule has 0 saturated carbocycles. The van der Waals surface area contributed by atoms with Crippen molar-refractivity contribution >= 4 is 40.1 Å². The summed E-state index contributed by atoms with van der Waals surface area (Å²) < 4.78 is 52.7. The fraction of sp³-hybridized carbons (Fsp3) is 0.395. The van der Waals surface area contributed by atoms with Gasteiger partial charge >= 0.3 is 6.18 Å². The third kappa shape index (κ3) is 7.56. The minimum absolute atomic E-state index is 0.0146. The van der Waals surface area contributed by atoms with E-state index in [2.05, 4.69) is 25.5 Å². The molecular formula is C38H40F3N7O5. The number of anilines is 2. The number of nitrogen functional groups attached to an aromatic ring is 1. The Hall–Kier alpha value is -5.44. The molecule has 53 heavy (non-hydrogen) atoms. The number of carbonyl (C=O) groups is 3. The van der Waals surface area contributed by atoms with Gasteiger partial charge in [0.05, 0.1) is 24.2 Å². The van der Waals surface area contributed by atoms with E-state index in [0.717, 1.165) is 49.2 Å². The summed E-state index contributed by atoms with van der Waals surface area (Å²) in [6.45, 7) is 6.04. The Morgan fingerprint density at radius 2 is 1.79 bits per heavy atom. The van der Waals surface area contributed by atoms with Crippen LogP contribution in [0.15, 0.2) is 48.5 Å². The highest BCUT2D eigenvalue weighted by atomic mass is 19.4. The summed E-state index contributed by atoms with van der Waals surface area (Å²) in [5.74, 6) is 0.990. The number of alkyl halides is 3. The topological polar surface area (TPSA) is 152 Å². The maximum atomic E-state index is 13.5. The fourth-order valence-corrected chi connectivity index (χ4v) is 7.34. The van der Waals surface area contributed by atoms with Crippen molar-refractivity contribution in [1.29, 1.82) is 0 Å². The number of hydrogen-bond donors (Lipinski definition) is 3. The Kier molecular flexibility index (Phi) is 9.62. The molecule has 4 aromatic rings. The number of rotatable bonds is 9. The van der Waals surface area contributed by atoms with Crippen LogP contribution in [0, 0.1) is 6.92 Å². The molecule has 0 aliphatic carbocycles. The zero-order valence-corrected chi connectivity index (χ0v) is 29.5. The van der Waals surface area contributed by atoms with Crippen molar-refractivity contribution in [2.75, 3.05) is 31.2 Å². The number of methoxy groups -OCH3 is 1. The van der Waals surface area contributed by atoms with E-state index in [1.165, 1.54) is 6.07 Å². The first-order valence-corrected chi connectivity index (χ1v) is 17.5. The van der Waals surface area contributed by atoms with Gasteiger partial charge < -0.3 is 25.4 Å². The molecule has 2 atom stereocenters. The molecule has 1 unspecified atom stereocenters. The summed E-state index contributed by atoms with van der Waals surface area (Å²) >= 11 is 0. The zero-order chi connectivity index (χ0) is 37.6. The smallest absolute Gasteiger partial charge is 0.416 e. The number of nitrogens with zero attached hydrogens (tertiary/aromatic N) is 4. The molecule has 12 nitrogen and oxygen atoms in total. The minimum Gasteiger partial charge on any atom is -0.493 e. The van der Waals surface area contributed by atoms with Gasteiger partial charge in [-0.25, -0.2) is 9.97 Å². The van der Waals surface area contributed by atoms with Gasteiger partial charge in [-0.05, 0) is 80.1 Å². The van der Waals surface area contributed by atoms with Gasteiger partial charge in [0.25, 0.3) is 5.91 Å². The van der Waals surface area contributed by atoms with E-state index >= 15 is 0 Å². The van der Waals surface area contributed by atoms with Crippen molar-refractivity contribution in [3.05, 3.63) is 82.2 Å². The van der Waals surface area contributed by atoms with Crippen LogP contribution in [0.4, 0.5) is 24.7 Å². The third-order valence-corrected chi connectivity index (χ3v) is 10.1. The molecule has 4 heterocycles. The number of halogens is 3. The highest BCUT2D eigenvalue weighted by Gasteiger charge is 2.39. The van der Waals surface area contributed by atoms with E-state index < -0.39 is 29.7 Å². The van der Waals surface area contributed by atoms with E-state index in [4.69, 9.17) is 15.2 Å². The molecule has 2 saturated heterocycles. The van der Waals surface area contributed by atoms with Gasteiger partial charge in [-0.3, -0.25) is 24.6 Å². The van der Waals surface area contributed by atoms with Crippen LogP contribution in [0.1, 0.15) is 77.1 Å². The van der Waals surface area contributed by atoms with Crippen LogP contribution < -0.4 is 25.8 Å². The molecular weight excluding hydrogens is 691 g/mol. The largest absolute Gasteiger partial charge is 0.493 e. The Morgan fingerprint density at radius 3 is 2.51 bits per heavy atom. The second-order valence-corrected chi connectivity index (χ2v) is 13.9. The van der Waals surface area contributed by atoms with Crippen LogP contribution in [0.25, 0.3) is 10.9 Å². The summed E-state index contributed by atoms with van der Waals surface area (Å²) in [6, 6.07) is 11.7. The number of benzene rings is 3. The van der Waals surface area contributed by atoms with E-state index in [0.29, 0.717) is 64.7 Å². The molecule has 4 N–H and O–H groups in total. The van der Waals surface area contributed by atoms with Crippen molar-refractivity contribution in [1.82, 2.24) is 25.1 Å². The van der Waals surface area contributed by atoms with Gasteiger partial charge in [0.1, 0.15) is 23.8 Å². The monoisotopic (exact) mass is 731 g/mol. The number of fused-ring (bicyclic) bond motifs is 2. The zero-order valence-electron chi connectivity index (χ0n) is 29.5. The second-order valence-electron chi connectivity index (χ2n) is 13.9. The number of ether oxygens (including phenoxy) is 2. The Bertz CT molecular complexity index is 2100. The maximum absolute atomic E-state index is 13.5. The number of amides is 3. The SMILES string of the molecule is COc1cc2nc(C)nc(N[C@H](C)c3cc(N)cc(C(F)(F)F)c3)c2cc1OC1CCN(Cc2ccc3c(c2)CN(C2CCC(=O)NC2=O)C3=O)CC1. The van der Waals surface area contributed by atoms with Crippen LogP contribution in [-0.4, -0.2) is 69.8 Å². The quantitative estimate of drug-likeness (QED) is 0.148. The van der Waals surface area contributed by atoms with Crippen LogP contribution in [0.2, 0.25) is 0 Å². The number of imide groups is 1.